The molecule has 0 bridgehead atoms. The standard InChI is InChI=1S/C22H25N3OS2/c1-3-16-6-9-19-20(14-16)28-22(23-19)25-12-10-24(11-13-25)21(26)15-17-4-7-18(27-2)8-5-17/h4-9,14H,3,10-13,15H2,1-2H3. The Morgan fingerprint density at radius 3 is 2.46 bits per heavy atom. The number of carbonyl (C=O) groups is 1. The average Bonchev–Trinajstić information content (AvgIpc) is 3.17. The highest BCUT2D eigenvalue weighted by molar-refractivity contribution is 7.98. The van der Waals surface area contributed by atoms with Crippen LogP contribution in [0.1, 0.15) is 18.1 Å². The van der Waals surface area contributed by atoms with Gasteiger partial charge < -0.3 is 9.80 Å². The van der Waals surface area contributed by atoms with Gasteiger partial charge in [0.1, 0.15) is 0 Å². The van der Waals surface area contributed by atoms with Crippen molar-refractivity contribution >= 4 is 44.4 Å². The third-order valence-corrected chi connectivity index (χ3v) is 7.09. The molecule has 28 heavy (non-hydrogen) atoms. The fourth-order valence-corrected chi connectivity index (χ4v) is 4.98. The monoisotopic (exact) mass is 411 g/mol. The first kappa shape index (κ1) is 19.3. The highest BCUT2D eigenvalue weighted by Crippen LogP contribution is 2.30. The summed E-state index contributed by atoms with van der Waals surface area (Å²) in [4.78, 5) is 23.0. The molecule has 4 nitrogen and oxygen atoms in total. The van der Waals surface area contributed by atoms with Crippen LogP contribution in [0.4, 0.5) is 5.13 Å². The molecule has 1 saturated heterocycles. The van der Waals surface area contributed by atoms with Crippen LogP contribution in [0.25, 0.3) is 10.2 Å². The molecule has 0 radical (unpaired) electrons. The Labute approximate surface area is 174 Å². The van der Waals surface area contributed by atoms with Gasteiger partial charge in [-0.05, 0) is 48.1 Å². The predicted molar refractivity (Wildman–Crippen MR) is 120 cm³/mol. The fourth-order valence-electron chi connectivity index (χ4n) is 3.49. The minimum atomic E-state index is 0.216. The third kappa shape index (κ3) is 4.18. The number of piperazine rings is 1. The summed E-state index contributed by atoms with van der Waals surface area (Å²) in [7, 11) is 0. The van der Waals surface area contributed by atoms with Gasteiger partial charge in [-0.25, -0.2) is 4.98 Å². The molecule has 2 heterocycles. The molecule has 1 aliphatic heterocycles. The van der Waals surface area contributed by atoms with Crippen LogP contribution in [0.15, 0.2) is 47.4 Å². The highest BCUT2D eigenvalue weighted by atomic mass is 32.2. The molecule has 146 valence electrons. The summed E-state index contributed by atoms with van der Waals surface area (Å²) in [6, 6.07) is 14.8. The van der Waals surface area contributed by atoms with Crippen LogP contribution >= 0.6 is 23.1 Å². The molecule has 1 aliphatic rings. The van der Waals surface area contributed by atoms with E-state index in [9.17, 15) is 4.79 Å². The summed E-state index contributed by atoms with van der Waals surface area (Å²) in [5, 5.41) is 1.07. The molecule has 0 spiro atoms. The normalized spacial score (nSPS) is 14.6. The Hall–Kier alpha value is -2.05. The number of fused-ring (bicyclic) bond motifs is 1. The van der Waals surface area contributed by atoms with E-state index < -0.39 is 0 Å². The molecule has 2 aromatic carbocycles. The van der Waals surface area contributed by atoms with Gasteiger partial charge in [0, 0.05) is 31.1 Å². The Bertz CT molecular complexity index is 960. The number of benzene rings is 2. The second-order valence-electron chi connectivity index (χ2n) is 7.04. The Morgan fingerprint density at radius 2 is 1.79 bits per heavy atom. The maximum absolute atomic E-state index is 12.7. The average molecular weight is 412 g/mol. The number of thiazole rings is 1. The van der Waals surface area contributed by atoms with E-state index >= 15 is 0 Å². The lowest BCUT2D eigenvalue weighted by Gasteiger charge is -2.34. The second kappa shape index (κ2) is 8.53. The van der Waals surface area contributed by atoms with Crippen LogP contribution in [0.2, 0.25) is 0 Å². The number of aryl methyl sites for hydroxylation is 1. The SMILES string of the molecule is CCc1ccc2nc(N3CCN(C(=O)Cc4ccc(SC)cc4)CC3)sc2c1. The van der Waals surface area contributed by atoms with Gasteiger partial charge in [0.25, 0.3) is 0 Å². The summed E-state index contributed by atoms with van der Waals surface area (Å²) >= 11 is 3.48. The molecule has 0 aliphatic carbocycles. The van der Waals surface area contributed by atoms with Crippen LogP contribution in [-0.4, -0.2) is 48.2 Å². The van der Waals surface area contributed by atoms with Gasteiger partial charge >= 0.3 is 0 Å². The quantitative estimate of drug-likeness (QED) is 0.581. The third-order valence-electron chi connectivity index (χ3n) is 5.27. The number of amides is 1. The highest BCUT2D eigenvalue weighted by Gasteiger charge is 2.23. The zero-order valence-corrected chi connectivity index (χ0v) is 18.0. The molecule has 1 amide bonds. The van der Waals surface area contributed by atoms with Crippen molar-refractivity contribution in [1.82, 2.24) is 9.88 Å². The Morgan fingerprint density at radius 1 is 1.07 bits per heavy atom. The van der Waals surface area contributed by atoms with Crippen LogP contribution in [0.5, 0.6) is 0 Å². The number of carbonyl (C=O) groups excluding carboxylic acids is 1. The van der Waals surface area contributed by atoms with E-state index in [1.165, 1.54) is 15.2 Å². The molecule has 6 heteroatoms. The summed E-state index contributed by atoms with van der Waals surface area (Å²) in [6.07, 6.45) is 3.59. The summed E-state index contributed by atoms with van der Waals surface area (Å²) in [5.74, 6) is 0.216. The van der Waals surface area contributed by atoms with Gasteiger partial charge in [-0.2, -0.15) is 0 Å². The molecule has 0 unspecified atom stereocenters. The van der Waals surface area contributed by atoms with Crippen molar-refractivity contribution in [1.29, 1.82) is 0 Å². The lowest BCUT2D eigenvalue weighted by atomic mass is 10.1. The first-order chi connectivity index (χ1) is 13.7. The van der Waals surface area contributed by atoms with Gasteiger partial charge in [0.15, 0.2) is 5.13 Å². The maximum atomic E-state index is 12.7. The van der Waals surface area contributed by atoms with Crippen molar-refractivity contribution in [2.24, 2.45) is 0 Å². The van der Waals surface area contributed by atoms with Crippen molar-refractivity contribution in [2.75, 3.05) is 37.3 Å². The first-order valence-corrected chi connectivity index (χ1v) is 11.8. The molecule has 0 atom stereocenters. The molecule has 3 aromatic rings. The minimum absolute atomic E-state index is 0.216. The molecule has 0 N–H and O–H groups in total. The lowest BCUT2D eigenvalue weighted by molar-refractivity contribution is -0.130. The van der Waals surface area contributed by atoms with E-state index in [-0.39, 0.29) is 5.91 Å². The Balaban J connectivity index is 1.36. The summed E-state index contributed by atoms with van der Waals surface area (Å²) < 4.78 is 1.25. The van der Waals surface area contributed by atoms with Gasteiger partial charge in [-0.3, -0.25) is 4.79 Å². The number of thioether (sulfide) groups is 1. The molecule has 0 saturated carbocycles. The van der Waals surface area contributed by atoms with Crippen molar-refractivity contribution < 1.29 is 4.79 Å². The number of hydrogen-bond donors (Lipinski definition) is 0. The minimum Gasteiger partial charge on any atom is -0.345 e. The number of rotatable bonds is 5. The molecular formula is C22H25N3OS2. The van der Waals surface area contributed by atoms with Crippen LogP contribution < -0.4 is 4.90 Å². The van der Waals surface area contributed by atoms with Gasteiger partial charge in [0.2, 0.25) is 5.91 Å². The van der Waals surface area contributed by atoms with E-state index in [1.807, 2.05) is 4.90 Å². The van der Waals surface area contributed by atoms with Crippen molar-refractivity contribution in [3.63, 3.8) is 0 Å². The molecule has 4 rings (SSSR count). The fraction of sp³-hybridized carbons (Fsp3) is 0.364. The zero-order valence-electron chi connectivity index (χ0n) is 16.4. The van der Waals surface area contributed by atoms with Crippen LogP contribution in [0, 0.1) is 0 Å². The summed E-state index contributed by atoms with van der Waals surface area (Å²) in [6.45, 7) is 5.39. The van der Waals surface area contributed by atoms with Crippen LogP contribution in [-0.2, 0) is 17.6 Å². The van der Waals surface area contributed by atoms with Crippen LogP contribution in [0.3, 0.4) is 0 Å². The molecule has 1 aromatic heterocycles. The molecular weight excluding hydrogens is 386 g/mol. The van der Waals surface area contributed by atoms with E-state index in [2.05, 4.69) is 60.5 Å². The second-order valence-corrected chi connectivity index (χ2v) is 8.93. The topological polar surface area (TPSA) is 36.4 Å². The smallest absolute Gasteiger partial charge is 0.227 e. The van der Waals surface area contributed by atoms with E-state index in [0.717, 1.165) is 48.8 Å². The van der Waals surface area contributed by atoms with E-state index in [0.29, 0.717) is 6.42 Å². The Kier molecular flexibility index (Phi) is 5.87. The number of hydrogen-bond acceptors (Lipinski definition) is 5. The van der Waals surface area contributed by atoms with Crippen molar-refractivity contribution in [2.45, 2.75) is 24.7 Å². The van der Waals surface area contributed by atoms with E-state index in [1.54, 1.807) is 23.1 Å². The van der Waals surface area contributed by atoms with Gasteiger partial charge in [-0.15, -0.1) is 11.8 Å². The maximum Gasteiger partial charge on any atom is 0.227 e. The molecule has 1 fully saturated rings. The number of aromatic nitrogens is 1. The zero-order chi connectivity index (χ0) is 19.5. The lowest BCUT2D eigenvalue weighted by Crippen LogP contribution is -2.49. The predicted octanol–water partition coefficient (Wildman–Crippen LogP) is 4.47. The van der Waals surface area contributed by atoms with Gasteiger partial charge in [-0.1, -0.05) is 36.5 Å². The largest absolute Gasteiger partial charge is 0.345 e. The number of nitrogens with zero attached hydrogens (tertiary/aromatic N) is 3. The first-order valence-electron chi connectivity index (χ1n) is 9.71. The van der Waals surface area contributed by atoms with Crippen molar-refractivity contribution in [3.05, 3.63) is 53.6 Å². The van der Waals surface area contributed by atoms with Gasteiger partial charge in [0.05, 0.1) is 16.6 Å². The summed E-state index contributed by atoms with van der Waals surface area (Å²) in [5.41, 5.74) is 3.51. The number of anilines is 1. The van der Waals surface area contributed by atoms with Crippen molar-refractivity contribution in [3.8, 4) is 0 Å². The van der Waals surface area contributed by atoms with E-state index in [4.69, 9.17) is 4.98 Å².